The molecule has 5 heteroatoms. The van der Waals surface area contributed by atoms with Gasteiger partial charge in [-0.25, -0.2) is 0 Å². The fraction of sp³-hybridized carbons (Fsp3) is 0.250. The van der Waals surface area contributed by atoms with Crippen molar-refractivity contribution in [3.05, 3.63) is 61.5 Å². The summed E-state index contributed by atoms with van der Waals surface area (Å²) in [5.74, 6) is 0.936. The molecule has 0 saturated carbocycles. The van der Waals surface area contributed by atoms with Gasteiger partial charge in [-0.3, -0.25) is 0 Å². The van der Waals surface area contributed by atoms with Gasteiger partial charge < -0.3 is 10.5 Å². The molecule has 2 aromatic rings. The number of rotatable bonds is 3. The molecule has 21 heavy (non-hydrogen) atoms. The summed E-state index contributed by atoms with van der Waals surface area (Å²) in [4.78, 5) is 0. The Labute approximate surface area is 142 Å². The van der Waals surface area contributed by atoms with Crippen molar-refractivity contribution in [2.45, 2.75) is 18.9 Å². The average Bonchev–Trinajstić information content (AvgIpc) is 2.90. The standard InChI is InChI=1S/C16H14BrCl2NO/c17-11-7-10-3-4-21-16(10)12(8-11)15(20)6-9-1-2-13(18)14(19)5-9/h1-2,5,7-8,15H,3-4,6,20H2. The van der Waals surface area contributed by atoms with E-state index in [0.717, 1.165) is 34.4 Å². The third-order valence-electron chi connectivity index (χ3n) is 3.62. The number of hydrogen-bond acceptors (Lipinski definition) is 2. The maximum absolute atomic E-state index is 6.38. The third-order valence-corrected chi connectivity index (χ3v) is 4.81. The summed E-state index contributed by atoms with van der Waals surface area (Å²) in [6.07, 6.45) is 1.62. The Morgan fingerprint density at radius 1 is 1.19 bits per heavy atom. The topological polar surface area (TPSA) is 35.2 Å². The van der Waals surface area contributed by atoms with E-state index in [2.05, 4.69) is 22.0 Å². The predicted molar refractivity (Wildman–Crippen MR) is 90.4 cm³/mol. The van der Waals surface area contributed by atoms with Crippen LogP contribution >= 0.6 is 39.1 Å². The van der Waals surface area contributed by atoms with E-state index in [4.69, 9.17) is 33.7 Å². The second kappa shape index (κ2) is 6.17. The highest BCUT2D eigenvalue weighted by Crippen LogP contribution is 2.37. The summed E-state index contributed by atoms with van der Waals surface area (Å²) < 4.78 is 6.77. The summed E-state index contributed by atoms with van der Waals surface area (Å²) in [7, 11) is 0. The molecule has 1 heterocycles. The van der Waals surface area contributed by atoms with Gasteiger partial charge in [0.05, 0.1) is 16.7 Å². The van der Waals surface area contributed by atoms with Crippen LogP contribution in [0, 0.1) is 0 Å². The van der Waals surface area contributed by atoms with E-state index in [-0.39, 0.29) is 6.04 Å². The molecule has 3 rings (SSSR count). The second-order valence-electron chi connectivity index (χ2n) is 5.14. The maximum atomic E-state index is 6.38. The molecule has 1 aliphatic rings. The van der Waals surface area contributed by atoms with Crippen molar-refractivity contribution in [2.75, 3.05) is 6.61 Å². The van der Waals surface area contributed by atoms with Crippen LogP contribution in [0.25, 0.3) is 0 Å². The van der Waals surface area contributed by atoms with Crippen molar-refractivity contribution in [3.8, 4) is 5.75 Å². The zero-order valence-electron chi connectivity index (χ0n) is 11.2. The van der Waals surface area contributed by atoms with Gasteiger partial charge in [-0.1, -0.05) is 45.2 Å². The summed E-state index contributed by atoms with van der Waals surface area (Å²) in [6, 6.07) is 9.60. The van der Waals surface area contributed by atoms with Crippen molar-refractivity contribution < 1.29 is 4.74 Å². The zero-order chi connectivity index (χ0) is 15.0. The van der Waals surface area contributed by atoms with E-state index in [1.165, 1.54) is 5.56 Å². The van der Waals surface area contributed by atoms with Gasteiger partial charge >= 0.3 is 0 Å². The molecule has 1 unspecified atom stereocenters. The Kier molecular flexibility index (Phi) is 4.46. The molecule has 0 bridgehead atoms. The first-order chi connectivity index (χ1) is 10.0. The van der Waals surface area contributed by atoms with Gasteiger partial charge in [0, 0.05) is 22.5 Å². The van der Waals surface area contributed by atoms with Gasteiger partial charge in [-0.05, 0) is 41.8 Å². The molecule has 0 amide bonds. The molecule has 1 atom stereocenters. The first kappa shape index (κ1) is 15.2. The first-order valence-corrected chi connectivity index (χ1v) is 8.24. The highest BCUT2D eigenvalue weighted by molar-refractivity contribution is 9.10. The molecule has 0 radical (unpaired) electrons. The fourth-order valence-electron chi connectivity index (χ4n) is 2.60. The number of benzene rings is 2. The van der Waals surface area contributed by atoms with Crippen LogP contribution < -0.4 is 10.5 Å². The normalized spacial score (nSPS) is 14.7. The van der Waals surface area contributed by atoms with Crippen LogP contribution in [-0.4, -0.2) is 6.61 Å². The second-order valence-corrected chi connectivity index (χ2v) is 6.87. The van der Waals surface area contributed by atoms with Gasteiger partial charge in [0.2, 0.25) is 0 Å². The van der Waals surface area contributed by atoms with E-state index >= 15 is 0 Å². The number of ether oxygens (including phenoxy) is 1. The van der Waals surface area contributed by atoms with Gasteiger partial charge in [-0.15, -0.1) is 0 Å². The largest absolute Gasteiger partial charge is 0.493 e. The van der Waals surface area contributed by atoms with Crippen LogP contribution in [0.1, 0.15) is 22.7 Å². The Morgan fingerprint density at radius 2 is 2.00 bits per heavy atom. The Balaban J connectivity index is 1.89. The fourth-order valence-corrected chi connectivity index (χ4v) is 3.45. The van der Waals surface area contributed by atoms with E-state index in [1.807, 2.05) is 18.2 Å². The van der Waals surface area contributed by atoms with Gasteiger partial charge in [0.15, 0.2) is 0 Å². The van der Waals surface area contributed by atoms with Gasteiger partial charge in [-0.2, -0.15) is 0 Å². The maximum Gasteiger partial charge on any atom is 0.127 e. The summed E-state index contributed by atoms with van der Waals surface area (Å²) in [5.41, 5.74) is 9.68. The first-order valence-electron chi connectivity index (χ1n) is 6.69. The minimum Gasteiger partial charge on any atom is -0.493 e. The molecule has 2 nitrogen and oxygen atoms in total. The summed E-state index contributed by atoms with van der Waals surface area (Å²) in [5, 5.41) is 1.11. The SMILES string of the molecule is NC(Cc1ccc(Cl)c(Cl)c1)c1cc(Br)cc2c1OCC2. The molecule has 1 aliphatic heterocycles. The lowest BCUT2D eigenvalue weighted by Crippen LogP contribution is -2.14. The minimum atomic E-state index is -0.147. The predicted octanol–water partition coefficient (Wildman–Crippen LogP) is 4.93. The van der Waals surface area contributed by atoms with E-state index in [1.54, 1.807) is 6.07 Å². The molecule has 0 spiro atoms. The Morgan fingerprint density at radius 3 is 2.76 bits per heavy atom. The van der Waals surface area contributed by atoms with Gasteiger partial charge in [0.1, 0.15) is 5.75 Å². The average molecular weight is 387 g/mol. The molecule has 0 saturated heterocycles. The molecule has 2 N–H and O–H groups in total. The van der Waals surface area contributed by atoms with Crippen LogP contribution in [0.4, 0.5) is 0 Å². The lowest BCUT2D eigenvalue weighted by Gasteiger charge is -2.16. The lowest BCUT2D eigenvalue weighted by molar-refractivity contribution is 0.351. The minimum absolute atomic E-state index is 0.147. The van der Waals surface area contributed by atoms with E-state index in [9.17, 15) is 0 Å². The van der Waals surface area contributed by atoms with E-state index < -0.39 is 0 Å². The number of hydrogen-bond donors (Lipinski definition) is 1. The van der Waals surface area contributed by atoms with E-state index in [0.29, 0.717) is 16.5 Å². The van der Waals surface area contributed by atoms with Crippen LogP contribution in [0.15, 0.2) is 34.8 Å². The molecular formula is C16H14BrCl2NO. The summed E-state index contributed by atoms with van der Waals surface area (Å²) >= 11 is 15.5. The highest BCUT2D eigenvalue weighted by Gasteiger charge is 2.21. The van der Waals surface area contributed by atoms with Crippen molar-refractivity contribution in [2.24, 2.45) is 5.73 Å². The zero-order valence-corrected chi connectivity index (χ0v) is 14.3. The highest BCUT2D eigenvalue weighted by atomic mass is 79.9. The summed E-state index contributed by atoms with van der Waals surface area (Å²) in [6.45, 7) is 0.721. The van der Waals surface area contributed by atoms with Crippen LogP contribution in [0.3, 0.4) is 0 Å². The Bertz CT molecular complexity index is 690. The van der Waals surface area contributed by atoms with Crippen LogP contribution in [-0.2, 0) is 12.8 Å². The van der Waals surface area contributed by atoms with Crippen molar-refractivity contribution in [1.82, 2.24) is 0 Å². The third kappa shape index (κ3) is 3.21. The van der Waals surface area contributed by atoms with Gasteiger partial charge in [0.25, 0.3) is 0 Å². The van der Waals surface area contributed by atoms with Crippen molar-refractivity contribution >= 4 is 39.1 Å². The quantitative estimate of drug-likeness (QED) is 0.811. The van der Waals surface area contributed by atoms with Crippen molar-refractivity contribution in [3.63, 3.8) is 0 Å². The van der Waals surface area contributed by atoms with Crippen molar-refractivity contribution in [1.29, 1.82) is 0 Å². The molecule has 0 aliphatic carbocycles. The number of fused-ring (bicyclic) bond motifs is 1. The molecule has 110 valence electrons. The monoisotopic (exact) mass is 385 g/mol. The van der Waals surface area contributed by atoms with Crippen LogP contribution in [0.2, 0.25) is 10.0 Å². The molecule has 2 aromatic carbocycles. The van der Waals surface area contributed by atoms with Crippen LogP contribution in [0.5, 0.6) is 5.75 Å². The number of nitrogens with two attached hydrogens (primary N) is 1. The molecular weight excluding hydrogens is 373 g/mol. The smallest absolute Gasteiger partial charge is 0.127 e. The Hall–Kier alpha value is -0.740. The molecule has 0 fully saturated rings. The number of halogens is 3. The molecule has 0 aromatic heterocycles. The lowest BCUT2D eigenvalue weighted by atomic mass is 9.97.